The van der Waals surface area contributed by atoms with Crippen LogP contribution in [0.1, 0.15) is 30.2 Å². The normalized spacial score (nSPS) is 21.7. The van der Waals surface area contributed by atoms with Crippen LogP contribution < -0.4 is 15.4 Å². The Hall–Kier alpha value is -2.83. The topological polar surface area (TPSA) is 139 Å². The lowest BCUT2D eigenvalue weighted by Crippen LogP contribution is -2.45. The van der Waals surface area contributed by atoms with Crippen LogP contribution in [0.2, 0.25) is 0 Å². The molecule has 1 fully saturated rings. The van der Waals surface area contributed by atoms with Crippen LogP contribution in [0.3, 0.4) is 0 Å². The Morgan fingerprint density at radius 1 is 1.26 bits per heavy atom. The number of hydrogen-bond acceptors (Lipinski definition) is 10. The number of fused-ring (bicyclic) bond motifs is 2. The molecule has 2 aliphatic heterocycles. The van der Waals surface area contributed by atoms with Gasteiger partial charge >= 0.3 is 0 Å². The van der Waals surface area contributed by atoms with E-state index >= 15 is 0 Å². The van der Waals surface area contributed by atoms with Crippen LogP contribution in [0, 0.1) is 0 Å². The highest BCUT2D eigenvalue weighted by molar-refractivity contribution is 8.00. The minimum absolute atomic E-state index is 0.0396. The first-order chi connectivity index (χ1) is 17.0. The zero-order valence-corrected chi connectivity index (χ0v) is 20.0. The molecule has 0 spiro atoms. The van der Waals surface area contributed by atoms with Crippen molar-refractivity contribution in [3.05, 3.63) is 47.8 Å². The number of aliphatic hydroxyl groups excluding tert-OH is 2. The summed E-state index contributed by atoms with van der Waals surface area (Å²) in [5.74, 6) is 1.32. The number of thioether (sulfide) groups is 1. The minimum atomic E-state index is -1.18. The molecule has 11 heteroatoms. The number of pyridine rings is 1. The highest BCUT2D eigenvalue weighted by atomic mass is 32.2. The fraction of sp³-hybridized carbons (Fsp3) is 0.417. The predicted octanol–water partition coefficient (Wildman–Crippen LogP) is 1.81. The Morgan fingerprint density at radius 3 is 2.94 bits per heavy atom. The van der Waals surface area contributed by atoms with E-state index in [-0.39, 0.29) is 11.9 Å². The van der Waals surface area contributed by atoms with Gasteiger partial charge in [0.15, 0.2) is 0 Å². The summed E-state index contributed by atoms with van der Waals surface area (Å²) < 4.78 is 11.1. The van der Waals surface area contributed by atoms with Gasteiger partial charge in [-0.15, -0.1) is 11.8 Å². The molecule has 1 amide bonds. The highest BCUT2D eigenvalue weighted by Gasteiger charge is 2.33. The molecule has 1 saturated heterocycles. The summed E-state index contributed by atoms with van der Waals surface area (Å²) in [6.07, 6.45) is 0.0715. The molecule has 4 heterocycles. The van der Waals surface area contributed by atoms with Crippen LogP contribution in [-0.4, -0.2) is 68.8 Å². The van der Waals surface area contributed by atoms with Gasteiger partial charge in [0.2, 0.25) is 11.8 Å². The highest BCUT2D eigenvalue weighted by Crippen LogP contribution is 2.31. The Labute approximate surface area is 206 Å². The first-order valence-electron chi connectivity index (χ1n) is 11.4. The molecule has 0 radical (unpaired) electrons. The van der Waals surface area contributed by atoms with Crippen LogP contribution in [0.15, 0.2) is 41.4 Å². The summed E-state index contributed by atoms with van der Waals surface area (Å²) in [6, 6.07) is 9.30. The molecule has 2 aliphatic rings. The van der Waals surface area contributed by atoms with Crippen LogP contribution >= 0.6 is 11.8 Å². The van der Waals surface area contributed by atoms with Crippen molar-refractivity contribution in [2.75, 3.05) is 24.8 Å². The number of nitrogens with zero attached hydrogens (tertiary/aromatic N) is 3. The lowest BCUT2D eigenvalue weighted by Gasteiger charge is -2.34. The molecule has 0 unspecified atom stereocenters. The number of nitrogens with one attached hydrogen (secondary N) is 2. The van der Waals surface area contributed by atoms with E-state index in [0.717, 1.165) is 17.0 Å². The molecule has 4 atom stereocenters. The average molecular weight is 498 g/mol. The maximum absolute atomic E-state index is 11.6. The second-order valence-electron chi connectivity index (χ2n) is 8.58. The molecule has 4 N–H and O–H groups in total. The number of aromatic nitrogens is 3. The van der Waals surface area contributed by atoms with E-state index in [0.29, 0.717) is 53.6 Å². The molecule has 35 heavy (non-hydrogen) atoms. The quantitative estimate of drug-likeness (QED) is 0.382. The number of benzene rings is 1. The predicted molar refractivity (Wildman–Crippen MR) is 130 cm³/mol. The second-order valence-corrected chi connectivity index (χ2v) is 9.59. The first kappa shape index (κ1) is 23.9. The molecule has 0 bridgehead atoms. The number of carbonyl (C=O) groups excluding carboxylic acids is 1. The summed E-state index contributed by atoms with van der Waals surface area (Å²) in [4.78, 5) is 25.8. The lowest BCUT2D eigenvalue weighted by atomic mass is 9.94. The molecule has 1 aromatic carbocycles. The van der Waals surface area contributed by atoms with Crippen molar-refractivity contribution in [3.8, 4) is 5.88 Å². The summed E-state index contributed by atoms with van der Waals surface area (Å²) in [6.45, 7) is 0.934. The Balaban J connectivity index is 1.17. The van der Waals surface area contributed by atoms with E-state index in [2.05, 4.69) is 25.6 Å². The van der Waals surface area contributed by atoms with Gasteiger partial charge in [0, 0.05) is 18.2 Å². The van der Waals surface area contributed by atoms with Crippen molar-refractivity contribution < 1.29 is 24.5 Å². The monoisotopic (exact) mass is 497 g/mol. The smallest absolute Gasteiger partial charge is 0.235 e. The van der Waals surface area contributed by atoms with E-state index in [1.54, 1.807) is 18.2 Å². The molecule has 0 aliphatic carbocycles. The zero-order valence-electron chi connectivity index (χ0n) is 19.2. The van der Waals surface area contributed by atoms with Gasteiger partial charge < -0.3 is 30.3 Å². The molecule has 5 rings (SSSR count). The van der Waals surface area contributed by atoms with E-state index in [9.17, 15) is 15.0 Å². The van der Waals surface area contributed by atoms with Crippen LogP contribution in [-0.2, 0) is 16.1 Å². The van der Waals surface area contributed by atoms with Gasteiger partial charge in [-0.3, -0.25) is 4.79 Å². The third-order valence-electron chi connectivity index (χ3n) is 6.23. The summed E-state index contributed by atoms with van der Waals surface area (Å²) in [5.41, 5.74) is 2.41. The van der Waals surface area contributed by atoms with E-state index in [1.165, 1.54) is 25.1 Å². The average Bonchev–Trinajstić information content (AvgIpc) is 2.90. The summed E-state index contributed by atoms with van der Waals surface area (Å²) in [5, 5.41) is 28.1. The number of ether oxygens (including phenoxy) is 2. The number of rotatable bonds is 7. The van der Waals surface area contributed by atoms with E-state index in [4.69, 9.17) is 9.47 Å². The van der Waals surface area contributed by atoms with Gasteiger partial charge in [-0.1, -0.05) is 12.1 Å². The molecule has 3 aromatic rings. The van der Waals surface area contributed by atoms with Crippen molar-refractivity contribution in [2.24, 2.45) is 0 Å². The third-order valence-corrected chi connectivity index (χ3v) is 7.28. The minimum Gasteiger partial charge on any atom is -0.480 e. The van der Waals surface area contributed by atoms with Gasteiger partial charge in [-0.2, -0.15) is 0 Å². The Bertz CT molecular complexity index is 1220. The maximum atomic E-state index is 11.6. The lowest BCUT2D eigenvalue weighted by molar-refractivity contribution is -0.114. The third kappa shape index (κ3) is 5.24. The number of methoxy groups -OCH3 is 1. The molecule has 2 aromatic heterocycles. The van der Waals surface area contributed by atoms with Crippen molar-refractivity contribution in [1.29, 1.82) is 0 Å². The van der Waals surface area contributed by atoms with Crippen molar-refractivity contribution >= 4 is 34.5 Å². The van der Waals surface area contributed by atoms with Crippen LogP contribution in [0.25, 0.3) is 11.0 Å². The summed E-state index contributed by atoms with van der Waals surface area (Å²) in [7, 11) is 1.50. The SMILES string of the molecule is COc1cnc2cccc([C@@H](O)[C@@H](O)[C@H]3CC[C@H](NCc4ccc5c(n4)NC(=O)CS5)CO3)c2n1. The first-order valence-corrected chi connectivity index (χ1v) is 12.4. The fourth-order valence-corrected chi connectivity index (χ4v) is 5.07. The number of anilines is 1. The number of hydrogen-bond donors (Lipinski definition) is 4. The molecule has 0 saturated carbocycles. The van der Waals surface area contributed by atoms with Crippen LogP contribution in [0.4, 0.5) is 5.82 Å². The van der Waals surface area contributed by atoms with Gasteiger partial charge in [0.25, 0.3) is 0 Å². The fourth-order valence-electron chi connectivity index (χ4n) is 4.32. The van der Waals surface area contributed by atoms with Crippen molar-refractivity contribution in [1.82, 2.24) is 20.3 Å². The zero-order chi connectivity index (χ0) is 24.4. The summed E-state index contributed by atoms with van der Waals surface area (Å²) >= 11 is 1.48. The van der Waals surface area contributed by atoms with Crippen molar-refractivity contribution in [3.63, 3.8) is 0 Å². The number of carbonyl (C=O) groups is 1. The largest absolute Gasteiger partial charge is 0.480 e. The standard InChI is InChI=1S/C24H27N5O5S/c1-33-20-10-26-16-4-2-3-15(21(16)29-20)22(31)23(32)17-7-5-14(11-34-17)25-9-13-6-8-18-24(27-13)28-19(30)12-35-18/h2-4,6,8,10,14,17,22-23,25,31-32H,5,7,9,11-12H2,1H3,(H,27,28,30)/t14-,17+,22+,23-/m0/s1. The van der Waals surface area contributed by atoms with Crippen LogP contribution in [0.5, 0.6) is 5.88 Å². The van der Waals surface area contributed by atoms with E-state index in [1.807, 2.05) is 12.1 Å². The van der Waals surface area contributed by atoms with Gasteiger partial charge in [0.1, 0.15) is 18.0 Å². The maximum Gasteiger partial charge on any atom is 0.235 e. The van der Waals surface area contributed by atoms with E-state index < -0.39 is 18.3 Å². The Morgan fingerprint density at radius 2 is 2.14 bits per heavy atom. The van der Waals surface area contributed by atoms with Gasteiger partial charge in [0.05, 0.1) is 53.4 Å². The molecular formula is C24H27N5O5S. The second kappa shape index (κ2) is 10.4. The molecule has 10 nitrogen and oxygen atoms in total. The number of para-hydroxylation sites is 1. The number of amides is 1. The number of aliphatic hydroxyl groups is 2. The van der Waals surface area contributed by atoms with Crippen molar-refractivity contribution in [2.45, 2.75) is 48.6 Å². The Kier molecular flexibility index (Phi) is 7.12. The molecule has 184 valence electrons. The van der Waals surface area contributed by atoms with Gasteiger partial charge in [-0.25, -0.2) is 15.0 Å². The molecular weight excluding hydrogens is 470 g/mol. The van der Waals surface area contributed by atoms with Gasteiger partial charge in [-0.05, 0) is 31.0 Å².